The van der Waals surface area contributed by atoms with Crippen LogP contribution in [0.25, 0.3) is 11.0 Å². The topological polar surface area (TPSA) is 46.9 Å². The highest BCUT2D eigenvalue weighted by molar-refractivity contribution is 5.97. The molecule has 0 bridgehead atoms. The molecule has 0 unspecified atom stereocenters. The second-order valence-corrected chi connectivity index (χ2v) is 5.53. The molecule has 1 aromatic heterocycles. The first-order chi connectivity index (χ1) is 10.6. The van der Waals surface area contributed by atoms with Gasteiger partial charge in [0, 0.05) is 19.2 Å². The van der Waals surface area contributed by atoms with E-state index in [1.807, 2.05) is 67.9 Å². The standard InChI is InChI=1S/C18H19N3O/c1-12-6-4-5-7-15(12)11-19-18(22)14-8-9-17-16(10-14)20-13(2)21(17)3/h4-10H,11H2,1-3H3,(H,19,22). The number of hydrogen-bond acceptors (Lipinski definition) is 2. The van der Waals surface area contributed by atoms with Crippen LogP contribution >= 0.6 is 0 Å². The van der Waals surface area contributed by atoms with Gasteiger partial charge in [-0.3, -0.25) is 4.79 Å². The number of aryl methyl sites for hydroxylation is 3. The molecule has 2 aromatic carbocycles. The minimum atomic E-state index is -0.0755. The number of carbonyl (C=O) groups is 1. The molecule has 0 aliphatic rings. The van der Waals surface area contributed by atoms with E-state index in [1.165, 1.54) is 5.56 Å². The zero-order chi connectivity index (χ0) is 15.7. The normalized spacial score (nSPS) is 10.9. The first kappa shape index (κ1) is 14.3. The van der Waals surface area contributed by atoms with Crippen LogP contribution in [0.5, 0.6) is 0 Å². The van der Waals surface area contributed by atoms with Crippen molar-refractivity contribution in [1.29, 1.82) is 0 Å². The van der Waals surface area contributed by atoms with E-state index in [2.05, 4.69) is 10.3 Å². The van der Waals surface area contributed by atoms with Crippen molar-refractivity contribution < 1.29 is 4.79 Å². The van der Waals surface area contributed by atoms with Gasteiger partial charge in [0.15, 0.2) is 0 Å². The van der Waals surface area contributed by atoms with Gasteiger partial charge in [0.05, 0.1) is 11.0 Å². The highest BCUT2D eigenvalue weighted by atomic mass is 16.1. The molecule has 0 radical (unpaired) electrons. The largest absolute Gasteiger partial charge is 0.348 e. The van der Waals surface area contributed by atoms with Crippen molar-refractivity contribution in [1.82, 2.24) is 14.9 Å². The highest BCUT2D eigenvalue weighted by Gasteiger charge is 2.10. The molecule has 0 aliphatic heterocycles. The third-order valence-electron chi connectivity index (χ3n) is 4.07. The van der Waals surface area contributed by atoms with Crippen molar-refractivity contribution >= 4 is 16.9 Å². The van der Waals surface area contributed by atoms with Gasteiger partial charge < -0.3 is 9.88 Å². The maximum atomic E-state index is 12.3. The molecule has 22 heavy (non-hydrogen) atoms. The summed E-state index contributed by atoms with van der Waals surface area (Å²) < 4.78 is 2.02. The van der Waals surface area contributed by atoms with E-state index < -0.39 is 0 Å². The van der Waals surface area contributed by atoms with Crippen molar-refractivity contribution in [3.8, 4) is 0 Å². The van der Waals surface area contributed by atoms with Crippen LogP contribution in [0.2, 0.25) is 0 Å². The molecule has 0 saturated carbocycles. The van der Waals surface area contributed by atoms with E-state index >= 15 is 0 Å². The van der Waals surface area contributed by atoms with E-state index in [4.69, 9.17) is 0 Å². The second-order valence-electron chi connectivity index (χ2n) is 5.53. The maximum Gasteiger partial charge on any atom is 0.251 e. The van der Waals surface area contributed by atoms with Gasteiger partial charge in [-0.25, -0.2) is 4.98 Å². The summed E-state index contributed by atoms with van der Waals surface area (Å²) in [6.45, 7) is 4.53. The van der Waals surface area contributed by atoms with Crippen LogP contribution in [0, 0.1) is 13.8 Å². The van der Waals surface area contributed by atoms with Gasteiger partial charge in [-0.2, -0.15) is 0 Å². The van der Waals surface area contributed by atoms with Crippen molar-refractivity contribution in [2.75, 3.05) is 0 Å². The van der Waals surface area contributed by atoms with Crippen LogP contribution in [-0.2, 0) is 13.6 Å². The molecule has 3 rings (SSSR count). The fraction of sp³-hybridized carbons (Fsp3) is 0.222. The molecular formula is C18H19N3O. The average Bonchev–Trinajstić information content (AvgIpc) is 2.80. The number of nitrogens with one attached hydrogen (secondary N) is 1. The number of rotatable bonds is 3. The SMILES string of the molecule is Cc1ccccc1CNC(=O)c1ccc2c(c1)nc(C)n2C. The van der Waals surface area contributed by atoms with E-state index in [9.17, 15) is 4.79 Å². The molecule has 1 amide bonds. The Morgan fingerprint density at radius 1 is 1.18 bits per heavy atom. The molecule has 0 atom stereocenters. The van der Waals surface area contributed by atoms with Gasteiger partial charge >= 0.3 is 0 Å². The fourth-order valence-electron chi connectivity index (χ4n) is 2.55. The molecular weight excluding hydrogens is 274 g/mol. The molecule has 1 heterocycles. The number of aromatic nitrogens is 2. The Kier molecular flexibility index (Phi) is 3.67. The quantitative estimate of drug-likeness (QED) is 0.806. The van der Waals surface area contributed by atoms with Crippen LogP contribution in [0.4, 0.5) is 0 Å². The van der Waals surface area contributed by atoms with Gasteiger partial charge in [-0.15, -0.1) is 0 Å². The third-order valence-corrected chi connectivity index (χ3v) is 4.07. The Hall–Kier alpha value is -2.62. The number of benzene rings is 2. The Balaban J connectivity index is 1.79. The lowest BCUT2D eigenvalue weighted by Crippen LogP contribution is -2.23. The summed E-state index contributed by atoms with van der Waals surface area (Å²) in [4.78, 5) is 16.8. The molecule has 3 aromatic rings. The van der Waals surface area contributed by atoms with Crippen molar-refractivity contribution in [3.05, 3.63) is 65.0 Å². The number of amides is 1. The molecule has 0 aliphatic carbocycles. The number of nitrogens with zero attached hydrogens (tertiary/aromatic N) is 2. The van der Waals surface area contributed by atoms with E-state index in [-0.39, 0.29) is 5.91 Å². The summed E-state index contributed by atoms with van der Waals surface area (Å²) in [5, 5.41) is 2.97. The second kappa shape index (κ2) is 5.64. The van der Waals surface area contributed by atoms with E-state index in [0.29, 0.717) is 12.1 Å². The molecule has 0 saturated heterocycles. The predicted octanol–water partition coefficient (Wildman–Crippen LogP) is 3.12. The van der Waals surface area contributed by atoms with Crippen LogP contribution in [-0.4, -0.2) is 15.5 Å². The maximum absolute atomic E-state index is 12.3. The first-order valence-electron chi connectivity index (χ1n) is 7.32. The third kappa shape index (κ3) is 2.60. The van der Waals surface area contributed by atoms with Gasteiger partial charge in [0.2, 0.25) is 0 Å². The highest BCUT2D eigenvalue weighted by Crippen LogP contribution is 2.16. The summed E-state index contributed by atoms with van der Waals surface area (Å²) in [7, 11) is 1.97. The summed E-state index contributed by atoms with van der Waals surface area (Å²) in [6.07, 6.45) is 0. The summed E-state index contributed by atoms with van der Waals surface area (Å²) >= 11 is 0. The Morgan fingerprint density at radius 3 is 2.73 bits per heavy atom. The fourth-order valence-corrected chi connectivity index (χ4v) is 2.55. The predicted molar refractivity (Wildman–Crippen MR) is 87.8 cm³/mol. The Bertz CT molecular complexity index is 849. The van der Waals surface area contributed by atoms with Crippen molar-refractivity contribution in [3.63, 3.8) is 0 Å². The number of hydrogen-bond donors (Lipinski definition) is 1. The van der Waals surface area contributed by atoms with Crippen molar-refractivity contribution in [2.45, 2.75) is 20.4 Å². The van der Waals surface area contributed by atoms with Gasteiger partial charge in [0.1, 0.15) is 5.82 Å². The minimum absolute atomic E-state index is 0.0755. The van der Waals surface area contributed by atoms with Crippen LogP contribution in [0.15, 0.2) is 42.5 Å². The summed E-state index contributed by atoms with van der Waals surface area (Å²) in [5.41, 5.74) is 4.83. The van der Waals surface area contributed by atoms with Crippen LogP contribution in [0.1, 0.15) is 27.3 Å². The molecule has 112 valence electrons. The van der Waals surface area contributed by atoms with Crippen molar-refractivity contribution in [2.24, 2.45) is 7.05 Å². The first-order valence-corrected chi connectivity index (χ1v) is 7.32. The lowest BCUT2D eigenvalue weighted by Gasteiger charge is -2.08. The molecule has 0 spiro atoms. The lowest BCUT2D eigenvalue weighted by atomic mass is 10.1. The smallest absolute Gasteiger partial charge is 0.251 e. The minimum Gasteiger partial charge on any atom is -0.348 e. The number of carbonyl (C=O) groups excluding carboxylic acids is 1. The number of imidazole rings is 1. The van der Waals surface area contributed by atoms with Gasteiger partial charge in [0.25, 0.3) is 5.91 Å². The molecule has 4 heteroatoms. The van der Waals surface area contributed by atoms with Gasteiger partial charge in [-0.1, -0.05) is 24.3 Å². The average molecular weight is 293 g/mol. The van der Waals surface area contributed by atoms with Crippen LogP contribution in [0.3, 0.4) is 0 Å². The Morgan fingerprint density at radius 2 is 1.95 bits per heavy atom. The Labute approximate surface area is 129 Å². The molecule has 0 fully saturated rings. The summed E-state index contributed by atoms with van der Waals surface area (Å²) in [5.74, 6) is 0.862. The molecule has 4 nitrogen and oxygen atoms in total. The van der Waals surface area contributed by atoms with Gasteiger partial charge in [-0.05, 0) is 43.2 Å². The van der Waals surface area contributed by atoms with E-state index in [0.717, 1.165) is 22.4 Å². The molecule has 1 N–H and O–H groups in total. The lowest BCUT2D eigenvalue weighted by molar-refractivity contribution is 0.0951. The zero-order valence-electron chi connectivity index (χ0n) is 13.1. The van der Waals surface area contributed by atoms with E-state index in [1.54, 1.807) is 0 Å². The summed E-state index contributed by atoms with van der Waals surface area (Å²) in [6, 6.07) is 13.7. The monoisotopic (exact) mass is 293 g/mol. The number of fused-ring (bicyclic) bond motifs is 1. The van der Waals surface area contributed by atoms with Crippen LogP contribution < -0.4 is 5.32 Å². The zero-order valence-corrected chi connectivity index (χ0v) is 13.1.